The maximum absolute atomic E-state index is 14.1. The molecule has 0 saturated heterocycles. The Balaban J connectivity index is 1.75. The number of benzene rings is 3. The molecule has 222 valence electrons. The highest BCUT2D eigenvalue weighted by Gasteiger charge is 2.47. The number of pyridine rings is 1. The molecule has 0 spiro atoms. The highest BCUT2D eigenvalue weighted by Crippen LogP contribution is 2.49. The summed E-state index contributed by atoms with van der Waals surface area (Å²) in [7, 11) is 3.38. The number of ether oxygens (including phenoxy) is 4. The van der Waals surface area contributed by atoms with Gasteiger partial charge in [-0.25, -0.2) is 0 Å². The minimum Gasteiger partial charge on any atom is -0.496 e. The van der Waals surface area contributed by atoms with Crippen molar-refractivity contribution in [1.82, 2.24) is 4.57 Å². The molecule has 0 fully saturated rings. The minimum atomic E-state index is -0.927. The number of carboxylic acids is 2. The second-order valence-electron chi connectivity index (χ2n) is 11.1. The van der Waals surface area contributed by atoms with Crippen molar-refractivity contribution >= 4 is 44.5 Å². The molecule has 0 saturated carbocycles. The number of carboxylic acid groups (broad SMARTS) is 2. The molecule has 0 aliphatic carbocycles. The Morgan fingerprint density at radius 3 is 2.21 bits per heavy atom. The lowest BCUT2D eigenvalue weighted by Gasteiger charge is -2.45. The van der Waals surface area contributed by atoms with Gasteiger partial charge in [-0.3, -0.25) is 14.4 Å². The van der Waals surface area contributed by atoms with Gasteiger partial charge in [-0.1, -0.05) is 24.3 Å². The smallest absolute Gasteiger partial charge is 0.303 e. The maximum atomic E-state index is 14.1. The monoisotopic (exact) mass is 577 g/mol. The number of rotatable bonds is 11. The number of hydrogen-bond donors (Lipinski definition) is 2. The standard InChI is InChI=1S/C32H35NO9/c1-32(2)31(41-14-8-12-25(36)37)30(40-13-7-11-24(34)35)27-23(42-32)17-22(39-4)26-28(27)33(3)21-16-19-10-6-5-9-18(19)15-20(21)29(26)38/h5-6,9-10,15-17,30-31H,7-8,11-14H2,1-4H3,(H,34,35)(H,36,37)/t30-,31-/m1/s1. The van der Waals surface area contributed by atoms with E-state index in [1.54, 1.807) is 6.07 Å². The topological polar surface area (TPSA) is 134 Å². The summed E-state index contributed by atoms with van der Waals surface area (Å²) in [5, 5.41) is 21.1. The van der Waals surface area contributed by atoms with Crippen LogP contribution in [-0.2, 0) is 26.1 Å². The SMILES string of the molecule is COc1cc2c(c3c1c(=O)c1cc4ccccc4cc1n3C)[C@@H](OCCCC(=O)O)[C@@H](OCCCC(=O)O)C(C)(C)O2. The maximum Gasteiger partial charge on any atom is 0.303 e. The molecule has 2 heterocycles. The number of carbonyl (C=O) groups is 2. The molecule has 42 heavy (non-hydrogen) atoms. The normalized spacial score (nSPS) is 17.7. The van der Waals surface area contributed by atoms with Crippen LogP contribution in [0.1, 0.15) is 51.2 Å². The van der Waals surface area contributed by atoms with Crippen molar-refractivity contribution in [2.45, 2.75) is 57.3 Å². The lowest BCUT2D eigenvalue weighted by atomic mass is 9.86. The zero-order valence-electron chi connectivity index (χ0n) is 24.1. The van der Waals surface area contributed by atoms with E-state index in [0.717, 1.165) is 16.3 Å². The summed E-state index contributed by atoms with van der Waals surface area (Å²) in [4.78, 5) is 36.4. The highest BCUT2D eigenvalue weighted by molar-refractivity contribution is 6.04. The van der Waals surface area contributed by atoms with Crippen LogP contribution in [0.25, 0.3) is 32.6 Å². The molecule has 0 bridgehead atoms. The van der Waals surface area contributed by atoms with Crippen LogP contribution in [0.3, 0.4) is 0 Å². The van der Waals surface area contributed by atoms with E-state index in [1.807, 2.05) is 61.9 Å². The first-order valence-electron chi connectivity index (χ1n) is 14.0. The average molecular weight is 578 g/mol. The van der Waals surface area contributed by atoms with Crippen molar-refractivity contribution in [2.24, 2.45) is 7.05 Å². The molecule has 0 amide bonds. The van der Waals surface area contributed by atoms with Gasteiger partial charge in [0.2, 0.25) is 5.43 Å². The van der Waals surface area contributed by atoms with Gasteiger partial charge in [0.25, 0.3) is 0 Å². The molecule has 1 aliphatic heterocycles. The van der Waals surface area contributed by atoms with E-state index in [2.05, 4.69) is 0 Å². The third-order valence-corrected chi connectivity index (χ3v) is 7.80. The lowest BCUT2D eigenvalue weighted by Crippen LogP contribution is -2.51. The number of fused-ring (bicyclic) bond motifs is 5. The van der Waals surface area contributed by atoms with Gasteiger partial charge >= 0.3 is 11.9 Å². The quantitative estimate of drug-likeness (QED) is 0.182. The fourth-order valence-corrected chi connectivity index (χ4v) is 5.85. The second kappa shape index (κ2) is 11.6. The van der Waals surface area contributed by atoms with Crippen LogP contribution in [0.5, 0.6) is 11.5 Å². The summed E-state index contributed by atoms with van der Waals surface area (Å²) >= 11 is 0. The lowest BCUT2D eigenvalue weighted by molar-refractivity contribution is -0.164. The van der Waals surface area contributed by atoms with Crippen molar-refractivity contribution < 1.29 is 38.7 Å². The van der Waals surface area contributed by atoms with E-state index in [-0.39, 0.29) is 37.9 Å². The van der Waals surface area contributed by atoms with Crippen LogP contribution >= 0.6 is 0 Å². The van der Waals surface area contributed by atoms with Gasteiger partial charge in [-0.15, -0.1) is 0 Å². The first-order valence-corrected chi connectivity index (χ1v) is 14.0. The van der Waals surface area contributed by atoms with Crippen LogP contribution < -0.4 is 14.9 Å². The van der Waals surface area contributed by atoms with Crippen molar-refractivity contribution in [3.05, 3.63) is 58.3 Å². The number of aliphatic carboxylic acids is 2. The molecule has 1 aliphatic rings. The van der Waals surface area contributed by atoms with Crippen LogP contribution in [0.15, 0.2) is 47.3 Å². The van der Waals surface area contributed by atoms with E-state index >= 15 is 0 Å². The number of aryl methyl sites for hydroxylation is 1. The third-order valence-electron chi connectivity index (χ3n) is 7.80. The van der Waals surface area contributed by atoms with Gasteiger partial charge in [-0.05, 0) is 49.6 Å². The summed E-state index contributed by atoms with van der Waals surface area (Å²) in [6, 6.07) is 13.4. The van der Waals surface area contributed by atoms with Crippen molar-refractivity contribution in [1.29, 1.82) is 0 Å². The van der Waals surface area contributed by atoms with Crippen molar-refractivity contribution in [2.75, 3.05) is 20.3 Å². The number of aromatic nitrogens is 1. The van der Waals surface area contributed by atoms with Gasteiger partial charge in [0.05, 0.1) is 29.1 Å². The molecular formula is C32H35NO9. The Labute approximate surface area is 242 Å². The molecule has 1 aromatic heterocycles. The average Bonchev–Trinajstić information content (AvgIpc) is 2.94. The minimum absolute atomic E-state index is 0.0523. The van der Waals surface area contributed by atoms with Crippen LogP contribution in [0.2, 0.25) is 0 Å². The highest BCUT2D eigenvalue weighted by atomic mass is 16.6. The van der Waals surface area contributed by atoms with E-state index in [0.29, 0.717) is 39.8 Å². The molecule has 3 aromatic carbocycles. The molecule has 5 rings (SSSR count). The zero-order chi connectivity index (χ0) is 30.2. The van der Waals surface area contributed by atoms with E-state index in [1.165, 1.54) is 7.11 Å². The Bertz CT molecular complexity index is 1740. The zero-order valence-corrected chi connectivity index (χ0v) is 24.1. The molecule has 2 atom stereocenters. The van der Waals surface area contributed by atoms with Crippen molar-refractivity contribution in [3.63, 3.8) is 0 Å². The Hall–Kier alpha value is -4.15. The molecule has 0 unspecified atom stereocenters. The van der Waals surface area contributed by atoms with Gasteiger partial charge in [0.1, 0.15) is 29.3 Å². The van der Waals surface area contributed by atoms with Crippen LogP contribution in [0, 0.1) is 0 Å². The summed E-state index contributed by atoms with van der Waals surface area (Å²) in [5.41, 5.74) is 0.762. The molecule has 4 aromatic rings. The predicted molar refractivity (Wildman–Crippen MR) is 158 cm³/mol. The molecule has 10 nitrogen and oxygen atoms in total. The van der Waals surface area contributed by atoms with Crippen LogP contribution in [0.4, 0.5) is 0 Å². The van der Waals surface area contributed by atoms with E-state index < -0.39 is 29.7 Å². The van der Waals surface area contributed by atoms with Crippen LogP contribution in [-0.4, -0.2) is 58.7 Å². The number of nitrogens with zero attached hydrogens (tertiary/aromatic N) is 1. The summed E-state index contributed by atoms with van der Waals surface area (Å²) in [6.45, 7) is 3.98. The second-order valence-corrected chi connectivity index (χ2v) is 11.1. The van der Waals surface area contributed by atoms with Crippen molar-refractivity contribution in [3.8, 4) is 11.5 Å². The largest absolute Gasteiger partial charge is 0.496 e. The van der Waals surface area contributed by atoms with Gasteiger partial charge in [0.15, 0.2) is 0 Å². The Kier molecular flexibility index (Phi) is 8.12. The molecule has 2 N–H and O–H groups in total. The first kappa shape index (κ1) is 29.3. The molecule has 10 heteroatoms. The summed E-state index contributed by atoms with van der Waals surface area (Å²) in [6.07, 6.45) is -0.996. The molecular weight excluding hydrogens is 542 g/mol. The predicted octanol–water partition coefficient (Wildman–Crippen LogP) is 5.20. The Morgan fingerprint density at radius 2 is 1.60 bits per heavy atom. The number of methoxy groups -OCH3 is 1. The first-order chi connectivity index (χ1) is 20.0. The summed E-state index contributed by atoms with van der Waals surface area (Å²) in [5.74, 6) is -1.02. The Morgan fingerprint density at radius 1 is 0.976 bits per heavy atom. The van der Waals surface area contributed by atoms with E-state index in [4.69, 9.17) is 24.1 Å². The third kappa shape index (κ3) is 5.39. The van der Waals surface area contributed by atoms with E-state index in [9.17, 15) is 19.5 Å². The van der Waals surface area contributed by atoms with Gasteiger partial charge < -0.3 is 33.7 Å². The summed E-state index contributed by atoms with van der Waals surface area (Å²) < 4.78 is 26.9. The fourth-order valence-electron chi connectivity index (χ4n) is 5.85. The van der Waals surface area contributed by atoms with Gasteiger partial charge in [0, 0.05) is 44.6 Å². The number of hydrogen-bond acceptors (Lipinski definition) is 7. The molecule has 0 radical (unpaired) electrons. The van der Waals surface area contributed by atoms with Gasteiger partial charge in [-0.2, -0.15) is 0 Å². The fraction of sp³-hybridized carbons (Fsp3) is 0.406.